The van der Waals surface area contributed by atoms with E-state index in [9.17, 15) is 22.9 Å². The summed E-state index contributed by atoms with van der Waals surface area (Å²) in [6, 6.07) is 10.8. The highest BCUT2D eigenvalue weighted by molar-refractivity contribution is 7.93. The van der Waals surface area contributed by atoms with Crippen LogP contribution in [0.2, 0.25) is 5.02 Å². The van der Waals surface area contributed by atoms with Gasteiger partial charge in [-0.25, -0.2) is 12.8 Å². The summed E-state index contributed by atoms with van der Waals surface area (Å²) in [4.78, 5) is 12.5. The highest BCUT2D eigenvalue weighted by atomic mass is 35.5. The Hall–Kier alpha value is -3.53. The number of hydrogen-bond donors (Lipinski definition) is 1. The maximum absolute atomic E-state index is 13.9. The van der Waals surface area contributed by atoms with Gasteiger partial charge in [0.05, 0.1) is 17.9 Å². The van der Waals surface area contributed by atoms with E-state index in [1.807, 2.05) is 0 Å². The fourth-order valence-electron chi connectivity index (χ4n) is 2.72. The van der Waals surface area contributed by atoms with Crippen molar-refractivity contribution in [3.8, 4) is 17.6 Å². The number of aromatic nitrogens is 2. The molecule has 1 heterocycles. The number of amides is 1. The first kappa shape index (κ1) is 26.1. The zero-order chi connectivity index (χ0) is 25.6. The van der Waals surface area contributed by atoms with Crippen LogP contribution < -0.4 is 14.8 Å². The molecule has 0 aliphatic heterocycles. The van der Waals surface area contributed by atoms with Gasteiger partial charge in [-0.2, -0.15) is 5.26 Å². The Kier molecular flexibility index (Phi) is 8.39. The van der Waals surface area contributed by atoms with Crippen molar-refractivity contribution in [1.29, 1.82) is 5.26 Å². The zero-order valence-electron chi connectivity index (χ0n) is 18.4. The third-order valence-electron chi connectivity index (χ3n) is 4.53. The number of sulfone groups is 1. The summed E-state index contributed by atoms with van der Waals surface area (Å²) in [5.41, 5.74) is 0.367. The minimum absolute atomic E-state index is 0.0734. The standard InChI is InChI=1S/C22H18ClFN4O5S2/c1-3-35(30,31)22-28-27-21(34-22)26-20(29)15(11-25)8-13-9-16(23)19(18(10-13)32-2)33-12-14-6-4-5-7-17(14)24/h4-10H,3,12H2,1-2H3,(H,26,27,29). The number of carbonyl (C=O) groups excluding carboxylic acids is 1. The van der Waals surface area contributed by atoms with E-state index >= 15 is 0 Å². The topological polar surface area (TPSA) is 131 Å². The van der Waals surface area contributed by atoms with Crippen LogP contribution in [0.5, 0.6) is 11.5 Å². The molecule has 0 saturated heterocycles. The number of rotatable bonds is 9. The largest absolute Gasteiger partial charge is 0.493 e. The van der Waals surface area contributed by atoms with Crippen LogP contribution in [0.1, 0.15) is 18.1 Å². The van der Waals surface area contributed by atoms with Gasteiger partial charge in [0, 0.05) is 5.56 Å². The lowest BCUT2D eigenvalue weighted by atomic mass is 10.1. The van der Waals surface area contributed by atoms with E-state index in [1.165, 1.54) is 38.3 Å². The third-order valence-corrected chi connectivity index (χ3v) is 7.83. The number of nitrogens with one attached hydrogen (secondary N) is 1. The molecule has 0 aliphatic carbocycles. The lowest BCUT2D eigenvalue weighted by Crippen LogP contribution is -2.13. The molecule has 0 spiro atoms. The van der Waals surface area contributed by atoms with E-state index in [0.717, 1.165) is 0 Å². The molecule has 0 unspecified atom stereocenters. The summed E-state index contributed by atoms with van der Waals surface area (Å²) < 4.78 is 48.3. The highest BCUT2D eigenvalue weighted by Crippen LogP contribution is 2.37. The Morgan fingerprint density at radius 1 is 1.31 bits per heavy atom. The molecule has 182 valence electrons. The quantitative estimate of drug-likeness (QED) is 0.244. The SMILES string of the molecule is CCS(=O)(=O)c1nnc(NC(=O)C(C#N)=Cc2cc(Cl)c(OCc3ccccc3F)c(OC)c2)s1. The minimum Gasteiger partial charge on any atom is -0.493 e. The molecular weight excluding hydrogens is 519 g/mol. The number of hydrogen-bond acceptors (Lipinski definition) is 9. The number of nitriles is 1. The van der Waals surface area contributed by atoms with Crippen molar-refractivity contribution in [2.75, 3.05) is 18.2 Å². The number of halogens is 2. The van der Waals surface area contributed by atoms with Crippen molar-refractivity contribution in [1.82, 2.24) is 10.2 Å². The van der Waals surface area contributed by atoms with E-state index in [0.29, 0.717) is 22.5 Å². The molecule has 35 heavy (non-hydrogen) atoms. The van der Waals surface area contributed by atoms with Gasteiger partial charge in [0.25, 0.3) is 5.91 Å². The molecule has 3 aromatic rings. The van der Waals surface area contributed by atoms with Gasteiger partial charge in [0.1, 0.15) is 24.1 Å². The highest BCUT2D eigenvalue weighted by Gasteiger charge is 2.20. The van der Waals surface area contributed by atoms with Crippen LogP contribution in [0.4, 0.5) is 9.52 Å². The first-order valence-electron chi connectivity index (χ1n) is 9.91. The number of nitrogens with zero attached hydrogens (tertiary/aromatic N) is 3. The fourth-order valence-corrected chi connectivity index (χ4v) is 4.97. The van der Waals surface area contributed by atoms with Crippen molar-refractivity contribution >= 4 is 49.9 Å². The second-order valence-corrected chi connectivity index (χ2v) is 10.7. The number of benzene rings is 2. The molecule has 0 saturated carbocycles. The van der Waals surface area contributed by atoms with Crippen LogP contribution in [0.25, 0.3) is 6.08 Å². The van der Waals surface area contributed by atoms with Crippen molar-refractivity contribution in [3.05, 3.63) is 63.9 Å². The van der Waals surface area contributed by atoms with Crippen molar-refractivity contribution in [3.63, 3.8) is 0 Å². The van der Waals surface area contributed by atoms with Gasteiger partial charge in [0.2, 0.25) is 19.3 Å². The summed E-state index contributed by atoms with van der Waals surface area (Å²) in [7, 11) is -2.20. The summed E-state index contributed by atoms with van der Waals surface area (Å²) in [5.74, 6) is -1.05. The molecule has 1 aromatic heterocycles. The van der Waals surface area contributed by atoms with Crippen LogP contribution in [-0.2, 0) is 21.2 Å². The Balaban J connectivity index is 1.81. The third kappa shape index (κ3) is 6.33. The van der Waals surface area contributed by atoms with Crippen molar-refractivity contribution < 1.29 is 27.1 Å². The molecule has 0 fully saturated rings. The average Bonchev–Trinajstić information content (AvgIpc) is 3.31. The van der Waals surface area contributed by atoms with Crippen LogP contribution in [0.15, 0.2) is 46.3 Å². The lowest BCUT2D eigenvalue weighted by molar-refractivity contribution is -0.112. The maximum atomic E-state index is 13.9. The Morgan fingerprint density at radius 3 is 2.71 bits per heavy atom. The van der Waals surface area contributed by atoms with E-state index in [1.54, 1.807) is 24.3 Å². The van der Waals surface area contributed by atoms with Gasteiger partial charge in [-0.3, -0.25) is 10.1 Å². The van der Waals surface area contributed by atoms with Crippen LogP contribution in [0.3, 0.4) is 0 Å². The fraction of sp³-hybridized carbons (Fsp3) is 0.182. The zero-order valence-corrected chi connectivity index (χ0v) is 20.8. The first-order valence-corrected chi connectivity index (χ1v) is 12.8. The molecule has 0 bridgehead atoms. The maximum Gasteiger partial charge on any atom is 0.268 e. The van der Waals surface area contributed by atoms with Gasteiger partial charge >= 0.3 is 0 Å². The second-order valence-electron chi connectivity index (χ2n) is 6.81. The van der Waals surface area contributed by atoms with Gasteiger partial charge in [-0.15, -0.1) is 10.2 Å². The summed E-state index contributed by atoms with van der Waals surface area (Å²) in [6.07, 6.45) is 1.26. The van der Waals surface area contributed by atoms with Crippen LogP contribution >= 0.6 is 22.9 Å². The molecule has 1 N–H and O–H groups in total. The number of anilines is 1. The second kappa shape index (κ2) is 11.3. The first-order chi connectivity index (χ1) is 16.7. The minimum atomic E-state index is -3.58. The molecular formula is C22H18ClFN4O5S2. The monoisotopic (exact) mass is 536 g/mol. The van der Waals surface area contributed by atoms with E-state index in [4.69, 9.17) is 21.1 Å². The van der Waals surface area contributed by atoms with Gasteiger partial charge < -0.3 is 9.47 Å². The van der Waals surface area contributed by atoms with Crippen LogP contribution in [-0.4, -0.2) is 37.4 Å². The lowest BCUT2D eigenvalue weighted by Gasteiger charge is -2.14. The normalized spacial score (nSPS) is 11.6. The summed E-state index contributed by atoms with van der Waals surface area (Å²) in [5, 5.41) is 19.1. The van der Waals surface area contributed by atoms with E-state index in [2.05, 4.69) is 15.5 Å². The van der Waals surface area contributed by atoms with Crippen LogP contribution in [0, 0.1) is 17.1 Å². The van der Waals surface area contributed by atoms with Crippen molar-refractivity contribution in [2.45, 2.75) is 17.9 Å². The molecule has 0 radical (unpaired) electrons. The van der Waals surface area contributed by atoms with E-state index < -0.39 is 21.6 Å². The molecule has 9 nitrogen and oxygen atoms in total. The average molecular weight is 537 g/mol. The van der Waals surface area contributed by atoms with Crippen molar-refractivity contribution in [2.24, 2.45) is 0 Å². The number of methoxy groups -OCH3 is 1. The Labute approximate surface area is 209 Å². The predicted octanol–water partition coefficient (Wildman–Crippen LogP) is 4.26. The van der Waals surface area contributed by atoms with Gasteiger partial charge in [0.15, 0.2) is 11.5 Å². The summed E-state index contributed by atoms with van der Waals surface area (Å²) in [6.45, 7) is 1.36. The molecule has 2 aromatic carbocycles. The Bertz CT molecular complexity index is 1430. The molecule has 13 heteroatoms. The van der Waals surface area contributed by atoms with Gasteiger partial charge in [-0.05, 0) is 29.8 Å². The smallest absolute Gasteiger partial charge is 0.268 e. The van der Waals surface area contributed by atoms with Gasteiger partial charge in [-0.1, -0.05) is 48.1 Å². The molecule has 0 atom stereocenters. The molecule has 0 aliphatic rings. The summed E-state index contributed by atoms with van der Waals surface area (Å²) >= 11 is 7.01. The van der Waals surface area contributed by atoms with E-state index in [-0.39, 0.29) is 43.9 Å². The number of ether oxygens (including phenoxy) is 2. The molecule has 3 rings (SSSR count). The Morgan fingerprint density at radius 2 is 2.06 bits per heavy atom. The predicted molar refractivity (Wildman–Crippen MR) is 129 cm³/mol. The number of carbonyl (C=O) groups is 1. The molecule has 1 amide bonds.